The Labute approximate surface area is 329 Å². The van der Waals surface area contributed by atoms with E-state index >= 15 is 4.79 Å². The number of morpholine rings is 2. The average Bonchev–Trinajstić information content (AvgIpc) is 3.21. The van der Waals surface area contributed by atoms with Crippen molar-refractivity contribution in [1.29, 1.82) is 0 Å². The van der Waals surface area contributed by atoms with E-state index in [0.717, 1.165) is 54.2 Å². The summed E-state index contributed by atoms with van der Waals surface area (Å²) in [4.78, 5) is 38.6. The molecule has 4 aromatic rings. The summed E-state index contributed by atoms with van der Waals surface area (Å²) in [5, 5.41) is 0. The lowest BCUT2D eigenvalue weighted by Crippen LogP contribution is -2.58. The van der Waals surface area contributed by atoms with E-state index in [9.17, 15) is 4.79 Å². The first-order chi connectivity index (χ1) is 26.5. The average molecular weight is 745 g/mol. The third-order valence-corrected chi connectivity index (χ3v) is 12.2. The number of benzene rings is 4. The van der Waals surface area contributed by atoms with Gasteiger partial charge in [0.05, 0.1) is 37.5 Å². The number of aryl methyl sites for hydroxylation is 1. The second-order valence-electron chi connectivity index (χ2n) is 15.9. The highest BCUT2D eigenvalue weighted by Crippen LogP contribution is 2.43. The summed E-state index contributed by atoms with van der Waals surface area (Å²) in [6, 6.07) is 35.9. The van der Waals surface area contributed by atoms with Crippen LogP contribution < -0.4 is 9.80 Å². The van der Waals surface area contributed by atoms with E-state index in [4.69, 9.17) is 9.47 Å². The zero-order chi connectivity index (χ0) is 39.0. The minimum absolute atomic E-state index is 0.0920. The van der Waals surface area contributed by atoms with E-state index in [-0.39, 0.29) is 17.5 Å². The molecule has 2 saturated heterocycles. The molecule has 8 heteroatoms. The first kappa shape index (κ1) is 40.3. The summed E-state index contributed by atoms with van der Waals surface area (Å²) >= 11 is 0. The Hall–Kier alpha value is -4.34. The molecule has 2 fully saturated rings. The van der Waals surface area contributed by atoms with Crippen molar-refractivity contribution in [3.05, 3.63) is 131 Å². The van der Waals surface area contributed by atoms with Crippen molar-refractivity contribution in [3.8, 4) is 0 Å². The van der Waals surface area contributed by atoms with Crippen LogP contribution in [-0.2, 0) is 27.1 Å². The molecule has 3 atom stereocenters. The number of rotatable bonds is 16. The van der Waals surface area contributed by atoms with Gasteiger partial charge in [-0.05, 0) is 121 Å². The molecular weight excluding hydrogens is 685 g/mol. The van der Waals surface area contributed by atoms with Crippen LogP contribution in [0.2, 0.25) is 0 Å². The maximum atomic E-state index is 15.3. The summed E-state index contributed by atoms with van der Waals surface area (Å²) in [5.74, 6) is -0.00948. The maximum Gasteiger partial charge on any atom is 0.183 e. The van der Waals surface area contributed by atoms with Crippen molar-refractivity contribution in [1.82, 2.24) is 9.80 Å². The number of carbonyl (C=O) groups is 2. The fourth-order valence-electron chi connectivity index (χ4n) is 8.81. The highest BCUT2D eigenvalue weighted by Gasteiger charge is 2.49. The fourth-order valence-corrected chi connectivity index (χ4v) is 8.81. The molecular formula is C47H60N4O4. The highest BCUT2D eigenvalue weighted by atomic mass is 16.5. The SMILES string of the molecule is CC(=O)C(Cc1ccccc1)(C(CCC(Cc1ccc(C)cc1)(C(=O)c1ccc(N2CCOCC2)cc1)N(C)C)c1ccc(N2CCOCC2)cc1)N(C)C. The Kier molecular flexibility index (Phi) is 13.3. The molecule has 3 unspecified atom stereocenters. The van der Waals surface area contributed by atoms with Crippen LogP contribution >= 0.6 is 0 Å². The van der Waals surface area contributed by atoms with Gasteiger partial charge in [0.25, 0.3) is 0 Å². The molecule has 2 aliphatic rings. The van der Waals surface area contributed by atoms with Crippen LogP contribution in [0.1, 0.15) is 58.3 Å². The molecule has 4 aromatic carbocycles. The third kappa shape index (κ3) is 9.05. The molecule has 55 heavy (non-hydrogen) atoms. The molecule has 292 valence electrons. The number of Topliss-reactive ketones (excluding diaryl/α,β-unsaturated/α-hetero) is 2. The van der Waals surface area contributed by atoms with Crippen LogP contribution in [-0.4, -0.2) is 113 Å². The largest absolute Gasteiger partial charge is 0.378 e. The topological polar surface area (TPSA) is 65.6 Å². The van der Waals surface area contributed by atoms with E-state index in [0.29, 0.717) is 57.7 Å². The standard InChI is InChI=1S/C47H60N4O4/c1-36-12-14-39(15-13-36)34-46(48(3)4,45(53)41-18-22-43(23-19-41)51-28-32-55-33-29-51)25-24-44(40-16-20-42(21-17-40)50-26-30-54-31-27-50)47(37(2)52,49(5)6)35-38-10-8-7-9-11-38/h7-23,44H,24-35H2,1-6H3. The maximum absolute atomic E-state index is 15.3. The number of likely N-dealkylation sites (N-methyl/N-ethyl adjacent to an activating group) is 2. The van der Waals surface area contributed by atoms with Gasteiger partial charge in [0.1, 0.15) is 0 Å². The molecule has 0 aromatic heterocycles. The predicted molar refractivity (Wildman–Crippen MR) is 224 cm³/mol. The van der Waals surface area contributed by atoms with Gasteiger partial charge >= 0.3 is 0 Å². The predicted octanol–water partition coefficient (Wildman–Crippen LogP) is 7.09. The zero-order valence-electron chi connectivity index (χ0n) is 33.8. The third-order valence-electron chi connectivity index (χ3n) is 12.2. The molecule has 0 spiro atoms. The van der Waals surface area contributed by atoms with Crippen molar-refractivity contribution in [2.75, 3.05) is 90.6 Å². The summed E-state index contributed by atoms with van der Waals surface area (Å²) < 4.78 is 11.2. The lowest BCUT2D eigenvalue weighted by molar-refractivity contribution is -0.129. The molecule has 0 amide bonds. The lowest BCUT2D eigenvalue weighted by Gasteiger charge is -2.47. The second-order valence-corrected chi connectivity index (χ2v) is 15.9. The number of ether oxygens (including phenoxy) is 2. The molecule has 0 saturated carbocycles. The highest BCUT2D eigenvalue weighted by molar-refractivity contribution is 6.03. The molecule has 2 heterocycles. The molecule has 0 aliphatic carbocycles. The minimum Gasteiger partial charge on any atom is -0.378 e. The van der Waals surface area contributed by atoms with Gasteiger partial charge in [0.15, 0.2) is 11.6 Å². The second kappa shape index (κ2) is 18.1. The smallest absolute Gasteiger partial charge is 0.183 e. The minimum atomic E-state index is -0.886. The summed E-state index contributed by atoms with van der Waals surface area (Å²) in [6.45, 7) is 10.1. The number of hydrogen-bond donors (Lipinski definition) is 0. The first-order valence-electron chi connectivity index (χ1n) is 19.9. The van der Waals surface area contributed by atoms with Crippen molar-refractivity contribution in [2.24, 2.45) is 0 Å². The number of anilines is 2. The number of carbonyl (C=O) groups excluding carboxylic acids is 2. The Balaban J connectivity index is 1.43. The lowest BCUT2D eigenvalue weighted by atomic mass is 9.67. The van der Waals surface area contributed by atoms with Gasteiger partial charge in [-0.15, -0.1) is 0 Å². The van der Waals surface area contributed by atoms with Gasteiger partial charge < -0.3 is 19.3 Å². The Morgan fingerprint density at radius 1 is 0.655 bits per heavy atom. The molecule has 6 rings (SSSR count). The van der Waals surface area contributed by atoms with Crippen LogP contribution in [0.3, 0.4) is 0 Å². The molecule has 0 bridgehead atoms. The quantitative estimate of drug-likeness (QED) is 0.113. The first-order valence-corrected chi connectivity index (χ1v) is 19.9. The van der Waals surface area contributed by atoms with Gasteiger partial charge in [0.2, 0.25) is 0 Å². The van der Waals surface area contributed by atoms with Crippen LogP contribution in [0.25, 0.3) is 0 Å². The van der Waals surface area contributed by atoms with Crippen LogP contribution in [0, 0.1) is 6.92 Å². The van der Waals surface area contributed by atoms with Gasteiger partial charge in [-0.2, -0.15) is 0 Å². The van der Waals surface area contributed by atoms with Crippen molar-refractivity contribution in [3.63, 3.8) is 0 Å². The van der Waals surface area contributed by atoms with E-state index in [1.54, 1.807) is 6.92 Å². The van der Waals surface area contributed by atoms with Gasteiger partial charge in [0, 0.05) is 49.0 Å². The van der Waals surface area contributed by atoms with Crippen LogP contribution in [0.5, 0.6) is 0 Å². The molecule has 8 nitrogen and oxygen atoms in total. The van der Waals surface area contributed by atoms with Crippen molar-refractivity contribution in [2.45, 2.75) is 56.5 Å². The Bertz CT molecular complexity index is 1830. The molecule has 2 aliphatic heterocycles. The van der Waals surface area contributed by atoms with Crippen molar-refractivity contribution < 1.29 is 19.1 Å². The van der Waals surface area contributed by atoms with Crippen molar-refractivity contribution >= 4 is 22.9 Å². The number of nitrogens with zero attached hydrogens (tertiary/aromatic N) is 4. The summed E-state index contributed by atoms with van der Waals surface area (Å²) in [5.41, 5.74) is 5.70. The van der Waals surface area contributed by atoms with Crippen LogP contribution in [0.4, 0.5) is 11.4 Å². The van der Waals surface area contributed by atoms with Gasteiger partial charge in [-0.3, -0.25) is 19.4 Å². The Morgan fingerprint density at radius 2 is 1.16 bits per heavy atom. The zero-order valence-corrected chi connectivity index (χ0v) is 33.8. The van der Waals surface area contributed by atoms with Gasteiger partial charge in [-0.1, -0.05) is 72.3 Å². The van der Waals surface area contributed by atoms with E-state index in [1.165, 1.54) is 5.56 Å². The van der Waals surface area contributed by atoms with Crippen LogP contribution in [0.15, 0.2) is 103 Å². The summed E-state index contributed by atoms with van der Waals surface area (Å²) in [6.07, 6.45) is 2.26. The van der Waals surface area contributed by atoms with Gasteiger partial charge in [-0.25, -0.2) is 0 Å². The van der Waals surface area contributed by atoms with E-state index in [1.807, 2.05) is 58.5 Å². The monoisotopic (exact) mass is 744 g/mol. The number of hydrogen-bond acceptors (Lipinski definition) is 8. The van der Waals surface area contributed by atoms with E-state index < -0.39 is 11.1 Å². The summed E-state index contributed by atoms with van der Waals surface area (Å²) in [7, 11) is 8.14. The molecule has 0 N–H and O–H groups in total. The normalized spacial score (nSPS) is 17.8. The fraction of sp³-hybridized carbons (Fsp3) is 0.447. The number of ketones is 2. The Morgan fingerprint density at radius 3 is 1.65 bits per heavy atom. The van der Waals surface area contributed by atoms with E-state index in [2.05, 4.69) is 99.3 Å². The molecule has 0 radical (unpaired) electrons.